The van der Waals surface area contributed by atoms with E-state index in [0.29, 0.717) is 30.8 Å². The molecule has 8 nitrogen and oxygen atoms in total. The van der Waals surface area contributed by atoms with Gasteiger partial charge in [0, 0.05) is 31.0 Å². The molecule has 2 amide bonds. The van der Waals surface area contributed by atoms with Gasteiger partial charge in [-0.3, -0.25) is 14.4 Å². The summed E-state index contributed by atoms with van der Waals surface area (Å²) in [6.45, 7) is 2.21. The summed E-state index contributed by atoms with van der Waals surface area (Å²) >= 11 is 0. The van der Waals surface area contributed by atoms with Crippen LogP contribution in [0.15, 0.2) is 67.0 Å². The largest absolute Gasteiger partial charge is 0.483 e. The third-order valence-corrected chi connectivity index (χ3v) is 6.23. The molecule has 1 saturated heterocycles. The maximum absolute atomic E-state index is 13.5. The minimum absolute atomic E-state index is 0.0505. The number of benzene rings is 2. The second kappa shape index (κ2) is 9.20. The lowest BCUT2D eigenvalue weighted by molar-refractivity contribution is -0.123. The number of nitrogens with zero attached hydrogens (tertiary/aromatic N) is 3. The average Bonchev–Trinajstić information content (AvgIpc) is 3.39. The third kappa shape index (κ3) is 3.73. The second-order valence-corrected chi connectivity index (χ2v) is 7.88. The molecule has 2 aliphatic heterocycles. The molecule has 1 aromatic heterocycles. The quantitative estimate of drug-likeness (QED) is 0.600. The van der Waals surface area contributed by atoms with Crippen molar-refractivity contribution in [3.8, 4) is 0 Å². The Morgan fingerprint density at radius 1 is 1.15 bits per heavy atom. The summed E-state index contributed by atoms with van der Waals surface area (Å²) < 4.78 is 0. The number of hydrogen-bond acceptors (Lipinski definition) is 5. The normalized spacial score (nSPS) is 20.6. The Morgan fingerprint density at radius 3 is 2.45 bits per heavy atom. The first-order chi connectivity index (χ1) is 16.1. The van der Waals surface area contributed by atoms with E-state index in [-0.39, 0.29) is 18.3 Å². The van der Waals surface area contributed by atoms with Crippen LogP contribution in [0.1, 0.15) is 46.7 Å². The standard InChI is InChI=1S/C24H22N4O2.CH2O2/c1-2-20-25-14-17(15-26-20)22(29)28-13-12-24(21(28)16-8-4-3-5-9-16)18-10-6-7-11-19(18)27-23(24)30;2-1-3/h3-11,14-15,21H,2,12-13H2,1H3,(H,27,30);1H,(H,2,3)/t21-,24+;/m0./s1. The minimum Gasteiger partial charge on any atom is -0.483 e. The van der Waals surface area contributed by atoms with Crippen molar-refractivity contribution in [2.75, 3.05) is 11.9 Å². The van der Waals surface area contributed by atoms with Crippen LogP contribution in [0, 0.1) is 0 Å². The Bertz CT molecular complexity index is 1170. The predicted molar refractivity (Wildman–Crippen MR) is 122 cm³/mol. The SMILES string of the molecule is CCc1ncc(C(=O)N2CC[C@]3(C(=O)Nc4ccccc43)[C@@H]2c2ccccc2)cn1.O=CO. The predicted octanol–water partition coefficient (Wildman–Crippen LogP) is 3.22. The molecule has 3 aromatic rings. The molecule has 8 heteroatoms. The molecule has 1 fully saturated rings. The zero-order valence-electron chi connectivity index (χ0n) is 18.1. The van der Waals surface area contributed by atoms with Crippen LogP contribution in [0.3, 0.4) is 0 Å². The average molecular weight is 444 g/mol. The fourth-order valence-corrected chi connectivity index (χ4v) is 4.82. The highest BCUT2D eigenvalue weighted by molar-refractivity contribution is 6.08. The third-order valence-electron chi connectivity index (χ3n) is 6.23. The number of anilines is 1. The lowest BCUT2D eigenvalue weighted by Crippen LogP contribution is -2.42. The van der Waals surface area contributed by atoms with Crippen molar-refractivity contribution in [2.45, 2.75) is 31.2 Å². The van der Waals surface area contributed by atoms with Crippen LogP contribution < -0.4 is 5.32 Å². The Labute approximate surface area is 191 Å². The molecule has 0 saturated carbocycles. The number of carboxylic acid groups (broad SMARTS) is 1. The summed E-state index contributed by atoms with van der Waals surface area (Å²) in [5, 5.41) is 9.93. The summed E-state index contributed by atoms with van der Waals surface area (Å²) in [4.78, 5) is 45.6. The fraction of sp³-hybridized carbons (Fsp3) is 0.240. The molecule has 0 unspecified atom stereocenters. The zero-order chi connectivity index (χ0) is 23.4. The van der Waals surface area contributed by atoms with Gasteiger partial charge in [-0.1, -0.05) is 55.5 Å². The van der Waals surface area contributed by atoms with Crippen molar-refractivity contribution >= 4 is 24.0 Å². The van der Waals surface area contributed by atoms with Gasteiger partial charge in [0.15, 0.2) is 0 Å². The summed E-state index contributed by atoms with van der Waals surface area (Å²) in [6.07, 6.45) is 4.45. The van der Waals surface area contributed by atoms with Crippen molar-refractivity contribution < 1.29 is 19.5 Å². The number of aromatic nitrogens is 2. The van der Waals surface area contributed by atoms with Crippen molar-refractivity contribution in [1.82, 2.24) is 14.9 Å². The van der Waals surface area contributed by atoms with Crippen LogP contribution >= 0.6 is 0 Å². The zero-order valence-corrected chi connectivity index (χ0v) is 18.1. The Balaban J connectivity index is 0.000000821. The molecule has 5 rings (SSSR count). The van der Waals surface area contributed by atoms with Gasteiger partial charge in [-0.2, -0.15) is 0 Å². The molecule has 2 atom stereocenters. The first kappa shape index (κ1) is 22.1. The van der Waals surface area contributed by atoms with Crippen molar-refractivity contribution in [2.24, 2.45) is 0 Å². The molecule has 1 spiro atoms. The number of para-hydroxylation sites is 1. The molecule has 33 heavy (non-hydrogen) atoms. The van der Waals surface area contributed by atoms with E-state index >= 15 is 0 Å². The van der Waals surface area contributed by atoms with E-state index < -0.39 is 11.5 Å². The number of rotatable bonds is 3. The van der Waals surface area contributed by atoms with E-state index in [0.717, 1.165) is 16.8 Å². The van der Waals surface area contributed by atoms with E-state index in [9.17, 15) is 9.59 Å². The van der Waals surface area contributed by atoms with Crippen molar-refractivity contribution in [1.29, 1.82) is 0 Å². The van der Waals surface area contributed by atoms with Crippen LogP contribution in [-0.2, 0) is 21.4 Å². The smallest absolute Gasteiger partial charge is 0.290 e. The molecule has 0 radical (unpaired) electrons. The van der Waals surface area contributed by atoms with Crippen LogP contribution in [0.25, 0.3) is 0 Å². The van der Waals surface area contributed by atoms with Crippen LogP contribution in [-0.4, -0.2) is 44.8 Å². The molecule has 0 bridgehead atoms. The van der Waals surface area contributed by atoms with E-state index in [1.807, 2.05) is 61.5 Å². The molecular weight excluding hydrogens is 420 g/mol. The Kier molecular flexibility index (Phi) is 6.17. The molecule has 2 aromatic carbocycles. The molecule has 168 valence electrons. The van der Waals surface area contributed by atoms with Gasteiger partial charge in [-0.05, 0) is 23.6 Å². The van der Waals surface area contributed by atoms with Gasteiger partial charge < -0.3 is 15.3 Å². The summed E-state index contributed by atoms with van der Waals surface area (Å²) in [7, 11) is 0. The number of carbonyl (C=O) groups is 3. The summed E-state index contributed by atoms with van der Waals surface area (Å²) in [5.41, 5.74) is 2.36. The minimum atomic E-state index is -0.808. The van der Waals surface area contributed by atoms with Crippen LogP contribution in [0.2, 0.25) is 0 Å². The lowest BCUT2D eigenvalue weighted by Gasteiger charge is -2.34. The van der Waals surface area contributed by atoms with Gasteiger partial charge in [-0.25, -0.2) is 9.97 Å². The summed E-state index contributed by atoms with van der Waals surface area (Å²) in [6, 6.07) is 17.2. The number of fused-ring (bicyclic) bond motifs is 2. The molecular formula is C25H24N4O4. The Morgan fingerprint density at radius 2 is 1.79 bits per heavy atom. The highest BCUT2D eigenvalue weighted by Crippen LogP contribution is 2.54. The first-order valence-corrected chi connectivity index (χ1v) is 10.7. The van der Waals surface area contributed by atoms with Gasteiger partial charge in [0.05, 0.1) is 11.6 Å². The number of nitrogens with one attached hydrogen (secondary N) is 1. The fourth-order valence-electron chi connectivity index (χ4n) is 4.82. The van der Waals surface area contributed by atoms with E-state index in [2.05, 4.69) is 15.3 Å². The number of carbonyl (C=O) groups excluding carboxylic acids is 2. The van der Waals surface area contributed by atoms with Crippen molar-refractivity contribution in [3.05, 3.63) is 89.5 Å². The lowest BCUT2D eigenvalue weighted by atomic mass is 9.72. The van der Waals surface area contributed by atoms with E-state index in [1.165, 1.54) is 0 Å². The molecule has 0 aliphatic carbocycles. The molecule has 2 N–H and O–H groups in total. The van der Waals surface area contributed by atoms with Gasteiger partial charge in [0.25, 0.3) is 12.4 Å². The second-order valence-electron chi connectivity index (χ2n) is 7.88. The van der Waals surface area contributed by atoms with Crippen LogP contribution in [0.5, 0.6) is 0 Å². The van der Waals surface area contributed by atoms with Gasteiger partial charge >= 0.3 is 0 Å². The topological polar surface area (TPSA) is 112 Å². The van der Waals surface area contributed by atoms with Crippen molar-refractivity contribution in [3.63, 3.8) is 0 Å². The monoisotopic (exact) mass is 444 g/mol. The van der Waals surface area contributed by atoms with Crippen LogP contribution in [0.4, 0.5) is 5.69 Å². The molecule has 3 heterocycles. The molecule has 2 aliphatic rings. The Hall–Kier alpha value is -4.07. The highest BCUT2D eigenvalue weighted by Gasteiger charge is 2.59. The van der Waals surface area contributed by atoms with E-state index in [4.69, 9.17) is 9.90 Å². The first-order valence-electron chi connectivity index (χ1n) is 10.7. The summed E-state index contributed by atoms with van der Waals surface area (Å²) in [5.74, 6) is 0.499. The maximum atomic E-state index is 13.5. The highest BCUT2D eigenvalue weighted by atomic mass is 16.3. The number of aryl methyl sites for hydroxylation is 1. The van der Waals surface area contributed by atoms with E-state index in [1.54, 1.807) is 17.3 Å². The van der Waals surface area contributed by atoms with Gasteiger partial charge in [0.1, 0.15) is 11.2 Å². The maximum Gasteiger partial charge on any atom is 0.290 e. The number of likely N-dealkylation sites (tertiary alicyclic amines) is 1. The van der Waals surface area contributed by atoms with Gasteiger partial charge in [-0.15, -0.1) is 0 Å². The number of hydrogen-bond donors (Lipinski definition) is 2. The van der Waals surface area contributed by atoms with Gasteiger partial charge in [0.2, 0.25) is 5.91 Å². The number of amides is 2.